The quantitative estimate of drug-likeness (QED) is 0.848. The molecule has 136 valence electrons. The fourth-order valence-corrected chi connectivity index (χ4v) is 3.87. The summed E-state index contributed by atoms with van der Waals surface area (Å²) in [6.07, 6.45) is 4.86. The summed E-state index contributed by atoms with van der Waals surface area (Å²) in [4.78, 5) is 19.4. The van der Waals surface area contributed by atoms with Crippen LogP contribution in [0.1, 0.15) is 61.4 Å². The minimum absolute atomic E-state index is 0.123. The number of aromatic nitrogens is 3. The fraction of sp³-hybridized carbons (Fsp3) is 0.632. The number of nitrogens with zero attached hydrogens (tertiary/aromatic N) is 4. The highest BCUT2D eigenvalue weighted by Crippen LogP contribution is 2.22. The molecule has 6 heteroatoms. The number of carbonyl (C=O) groups excluding carboxylic acids is 1. The summed E-state index contributed by atoms with van der Waals surface area (Å²) < 4.78 is 1.72. The Kier molecular flexibility index (Phi) is 5.37. The first-order valence-electron chi connectivity index (χ1n) is 9.33. The molecule has 1 saturated heterocycles. The van der Waals surface area contributed by atoms with Crippen LogP contribution in [0, 0.1) is 13.8 Å². The van der Waals surface area contributed by atoms with Gasteiger partial charge in [0.2, 0.25) is 0 Å². The molecule has 0 aliphatic carbocycles. The van der Waals surface area contributed by atoms with E-state index in [4.69, 9.17) is 0 Å². The van der Waals surface area contributed by atoms with Crippen molar-refractivity contribution in [1.82, 2.24) is 24.8 Å². The molecule has 0 radical (unpaired) electrons. The van der Waals surface area contributed by atoms with Gasteiger partial charge < -0.3 is 5.32 Å². The molecular weight excluding hydrogens is 314 g/mol. The lowest BCUT2D eigenvalue weighted by molar-refractivity contribution is 0.0921. The normalized spacial score (nSPS) is 21.6. The van der Waals surface area contributed by atoms with Gasteiger partial charge in [-0.2, -0.15) is 5.10 Å². The summed E-state index contributed by atoms with van der Waals surface area (Å²) in [5, 5.41) is 7.37. The van der Waals surface area contributed by atoms with E-state index in [9.17, 15) is 4.79 Å². The average Bonchev–Trinajstić information content (AvgIpc) is 2.98. The van der Waals surface area contributed by atoms with Gasteiger partial charge in [0.25, 0.3) is 5.91 Å². The van der Waals surface area contributed by atoms with E-state index in [0.717, 1.165) is 30.0 Å². The summed E-state index contributed by atoms with van der Waals surface area (Å²) in [6.45, 7) is 10.2. The molecule has 1 N–H and O–H groups in total. The second-order valence-electron chi connectivity index (χ2n) is 7.31. The fourth-order valence-electron chi connectivity index (χ4n) is 3.87. The average molecular weight is 343 g/mol. The monoisotopic (exact) mass is 343 g/mol. The first-order chi connectivity index (χ1) is 12.0. The molecule has 0 saturated carbocycles. The van der Waals surface area contributed by atoms with Crippen LogP contribution in [0.4, 0.5) is 0 Å². The second-order valence-corrected chi connectivity index (χ2v) is 7.31. The zero-order valence-electron chi connectivity index (χ0n) is 15.7. The van der Waals surface area contributed by atoms with Crippen molar-refractivity contribution in [2.45, 2.75) is 65.5 Å². The number of fused-ring (bicyclic) bond motifs is 1. The van der Waals surface area contributed by atoms with Gasteiger partial charge in [-0.1, -0.05) is 6.42 Å². The summed E-state index contributed by atoms with van der Waals surface area (Å²) >= 11 is 0. The first kappa shape index (κ1) is 17.9. The van der Waals surface area contributed by atoms with Gasteiger partial charge in [0.05, 0.1) is 0 Å². The van der Waals surface area contributed by atoms with E-state index in [1.807, 2.05) is 19.9 Å². The van der Waals surface area contributed by atoms with Crippen LogP contribution in [-0.4, -0.2) is 50.6 Å². The van der Waals surface area contributed by atoms with Gasteiger partial charge in [-0.25, -0.2) is 9.50 Å². The highest BCUT2D eigenvalue weighted by molar-refractivity contribution is 5.93. The van der Waals surface area contributed by atoms with Crippen molar-refractivity contribution >= 4 is 11.6 Å². The van der Waals surface area contributed by atoms with Crippen LogP contribution in [0.25, 0.3) is 5.65 Å². The van der Waals surface area contributed by atoms with Crippen LogP contribution in [-0.2, 0) is 0 Å². The summed E-state index contributed by atoms with van der Waals surface area (Å²) in [7, 11) is 0. The Morgan fingerprint density at radius 3 is 2.68 bits per heavy atom. The zero-order valence-corrected chi connectivity index (χ0v) is 15.7. The largest absolute Gasteiger partial charge is 0.351 e. The third-order valence-corrected chi connectivity index (χ3v) is 5.22. The number of carbonyl (C=O) groups is 1. The SMILES string of the molecule is Cc1cc(C)n2nc(C(=O)NCCCN3C(C)CCCC3C)cc2n1. The molecule has 0 aromatic carbocycles. The van der Waals surface area contributed by atoms with Crippen LogP contribution in [0.2, 0.25) is 0 Å². The molecule has 1 fully saturated rings. The van der Waals surface area contributed by atoms with E-state index in [-0.39, 0.29) is 5.91 Å². The third kappa shape index (κ3) is 4.00. The van der Waals surface area contributed by atoms with E-state index in [2.05, 4.69) is 34.1 Å². The van der Waals surface area contributed by atoms with Crippen LogP contribution in [0.3, 0.4) is 0 Å². The zero-order chi connectivity index (χ0) is 18.0. The van der Waals surface area contributed by atoms with Crippen molar-refractivity contribution < 1.29 is 4.79 Å². The summed E-state index contributed by atoms with van der Waals surface area (Å²) in [6, 6.07) is 5.01. The molecule has 6 nitrogen and oxygen atoms in total. The Bertz CT molecular complexity index is 744. The Balaban J connectivity index is 1.53. The molecule has 2 aromatic rings. The molecule has 25 heavy (non-hydrogen) atoms. The Labute approximate surface area is 149 Å². The summed E-state index contributed by atoms with van der Waals surface area (Å²) in [5.41, 5.74) is 3.07. The molecule has 3 rings (SSSR count). The highest BCUT2D eigenvalue weighted by atomic mass is 16.1. The summed E-state index contributed by atoms with van der Waals surface area (Å²) in [5.74, 6) is -0.123. The Morgan fingerprint density at radius 1 is 1.24 bits per heavy atom. The Morgan fingerprint density at radius 2 is 1.96 bits per heavy atom. The number of likely N-dealkylation sites (tertiary alicyclic amines) is 1. The second kappa shape index (κ2) is 7.52. The van der Waals surface area contributed by atoms with E-state index in [1.165, 1.54) is 19.3 Å². The van der Waals surface area contributed by atoms with E-state index < -0.39 is 0 Å². The first-order valence-corrected chi connectivity index (χ1v) is 9.33. The minimum Gasteiger partial charge on any atom is -0.351 e. The number of aryl methyl sites for hydroxylation is 2. The van der Waals surface area contributed by atoms with Gasteiger partial charge in [0.1, 0.15) is 0 Å². The van der Waals surface area contributed by atoms with Gasteiger partial charge in [-0.15, -0.1) is 0 Å². The van der Waals surface area contributed by atoms with Crippen molar-refractivity contribution in [2.24, 2.45) is 0 Å². The topological polar surface area (TPSA) is 62.5 Å². The number of hydrogen-bond donors (Lipinski definition) is 1. The van der Waals surface area contributed by atoms with Crippen molar-refractivity contribution in [3.05, 3.63) is 29.2 Å². The van der Waals surface area contributed by atoms with Crippen molar-refractivity contribution in [3.8, 4) is 0 Å². The standard InChI is InChI=1S/C19H29N5O/c1-13-11-16(4)24-18(21-13)12-17(22-24)19(25)20-9-6-10-23-14(2)7-5-8-15(23)3/h11-12,14-15H,5-10H2,1-4H3,(H,20,25). The molecule has 3 heterocycles. The maximum Gasteiger partial charge on any atom is 0.271 e. The van der Waals surface area contributed by atoms with Crippen molar-refractivity contribution in [3.63, 3.8) is 0 Å². The van der Waals surface area contributed by atoms with Crippen molar-refractivity contribution in [1.29, 1.82) is 0 Å². The lowest BCUT2D eigenvalue weighted by atomic mass is 9.97. The maximum atomic E-state index is 12.4. The lowest BCUT2D eigenvalue weighted by Crippen LogP contribution is -2.44. The molecule has 1 amide bonds. The number of nitrogens with one attached hydrogen (secondary N) is 1. The highest BCUT2D eigenvalue weighted by Gasteiger charge is 2.23. The molecule has 2 atom stereocenters. The smallest absolute Gasteiger partial charge is 0.271 e. The van der Waals surface area contributed by atoms with E-state index in [0.29, 0.717) is 24.3 Å². The molecule has 2 aromatic heterocycles. The van der Waals surface area contributed by atoms with Gasteiger partial charge in [0, 0.05) is 42.6 Å². The molecule has 2 unspecified atom stereocenters. The Hall–Kier alpha value is -1.95. The van der Waals surface area contributed by atoms with Crippen molar-refractivity contribution in [2.75, 3.05) is 13.1 Å². The minimum atomic E-state index is -0.123. The maximum absolute atomic E-state index is 12.4. The van der Waals surface area contributed by atoms with Gasteiger partial charge in [0.15, 0.2) is 11.3 Å². The third-order valence-electron chi connectivity index (χ3n) is 5.22. The van der Waals surface area contributed by atoms with Crippen LogP contribution >= 0.6 is 0 Å². The number of piperidine rings is 1. The molecule has 0 bridgehead atoms. The number of hydrogen-bond acceptors (Lipinski definition) is 4. The molecule has 1 aliphatic rings. The van der Waals surface area contributed by atoms with Crippen LogP contribution < -0.4 is 5.32 Å². The molecule has 0 spiro atoms. The molecular formula is C19H29N5O. The lowest BCUT2D eigenvalue weighted by Gasteiger charge is -2.39. The van der Waals surface area contributed by atoms with E-state index in [1.54, 1.807) is 10.6 Å². The van der Waals surface area contributed by atoms with Gasteiger partial charge >= 0.3 is 0 Å². The van der Waals surface area contributed by atoms with Crippen LogP contribution in [0.5, 0.6) is 0 Å². The number of amides is 1. The van der Waals surface area contributed by atoms with Gasteiger partial charge in [-0.05, 0) is 53.0 Å². The predicted molar refractivity (Wildman–Crippen MR) is 98.9 cm³/mol. The number of rotatable bonds is 5. The molecule has 1 aliphatic heterocycles. The predicted octanol–water partition coefficient (Wildman–Crippen LogP) is 2.73. The van der Waals surface area contributed by atoms with E-state index >= 15 is 0 Å². The van der Waals surface area contributed by atoms with Gasteiger partial charge in [-0.3, -0.25) is 9.69 Å². The van der Waals surface area contributed by atoms with Crippen LogP contribution in [0.15, 0.2) is 12.1 Å².